The summed E-state index contributed by atoms with van der Waals surface area (Å²) in [5, 5.41) is 2.52. The fraction of sp³-hybridized carbons (Fsp3) is 0.125. The molecule has 10 nitrogen and oxygen atoms in total. The number of nitrogens with one attached hydrogen (secondary N) is 3. The second-order valence-electron chi connectivity index (χ2n) is 7.25. The van der Waals surface area contributed by atoms with Gasteiger partial charge < -0.3 is 10.1 Å². The second-order valence-corrected chi connectivity index (χ2v) is 8.93. The Balaban J connectivity index is 1.52. The zero-order valence-corrected chi connectivity index (χ0v) is 19.6. The van der Waals surface area contributed by atoms with Gasteiger partial charge in [-0.25, -0.2) is 8.42 Å². The Morgan fingerprint density at radius 3 is 1.86 bits per heavy atom. The molecular formula is C24H24N4O6S. The molecule has 3 amide bonds. The number of anilines is 3. The minimum atomic E-state index is -4.05. The van der Waals surface area contributed by atoms with Gasteiger partial charge in [0, 0.05) is 24.0 Å². The molecule has 0 atom stereocenters. The highest BCUT2D eigenvalue weighted by Gasteiger charge is 2.19. The van der Waals surface area contributed by atoms with Crippen LogP contribution in [0.15, 0.2) is 89.8 Å². The van der Waals surface area contributed by atoms with Crippen molar-refractivity contribution in [3.63, 3.8) is 0 Å². The van der Waals surface area contributed by atoms with Crippen molar-refractivity contribution in [1.29, 1.82) is 0 Å². The number of amides is 3. The van der Waals surface area contributed by atoms with Gasteiger partial charge in [0.15, 0.2) is 0 Å². The highest BCUT2D eigenvalue weighted by molar-refractivity contribution is 7.89. The molecule has 0 aliphatic heterocycles. The summed E-state index contributed by atoms with van der Waals surface area (Å²) in [6, 6.07) is 23.3. The van der Waals surface area contributed by atoms with Crippen LogP contribution in [0.3, 0.4) is 0 Å². The molecule has 11 heteroatoms. The topological polar surface area (TPSA) is 134 Å². The van der Waals surface area contributed by atoms with Gasteiger partial charge in [-0.3, -0.25) is 24.7 Å². The number of benzene rings is 3. The van der Waals surface area contributed by atoms with Crippen molar-refractivity contribution >= 4 is 44.8 Å². The van der Waals surface area contributed by atoms with E-state index < -0.39 is 35.1 Å². The van der Waals surface area contributed by atoms with Crippen LogP contribution in [0, 0.1) is 0 Å². The third kappa shape index (κ3) is 7.47. The standard InChI is InChI=1S/C24H24N4O6S/c1-18(29)25-19-12-14-22(15-13-19)35(32,33)27-26-23(30)16-34-17-24(31)28(20-8-4-2-5-9-20)21-10-6-3-7-11-21/h2-15,27H,16-17H2,1H3,(H,25,29)(H,26,30). The molecule has 182 valence electrons. The summed E-state index contributed by atoms with van der Waals surface area (Å²) >= 11 is 0. The monoisotopic (exact) mass is 496 g/mol. The Morgan fingerprint density at radius 1 is 0.800 bits per heavy atom. The molecule has 0 aliphatic rings. The maximum atomic E-state index is 12.9. The van der Waals surface area contributed by atoms with Gasteiger partial charge in [0.25, 0.3) is 21.8 Å². The molecule has 0 radical (unpaired) electrons. The van der Waals surface area contributed by atoms with Crippen LogP contribution in [0.5, 0.6) is 0 Å². The fourth-order valence-corrected chi connectivity index (χ4v) is 3.89. The van der Waals surface area contributed by atoms with Crippen LogP contribution in [0.25, 0.3) is 0 Å². The molecule has 0 unspecified atom stereocenters. The number of nitrogens with zero attached hydrogens (tertiary/aromatic N) is 1. The normalized spacial score (nSPS) is 10.9. The van der Waals surface area contributed by atoms with Crippen LogP contribution in [-0.2, 0) is 29.1 Å². The lowest BCUT2D eigenvalue weighted by atomic mass is 10.2. The molecule has 3 aromatic rings. The van der Waals surface area contributed by atoms with E-state index in [9.17, 15) is 22.8 Å². The smallest absolute Gasteiger partial charge is 0.260 e. The van der Waals surface area contributed by atoms with E-state index in [4.69, 9.17) is 4.74 Å². The number of carbonyl (C=O) groups excluding carboxylic acids is 3. The SMILES string of the molecule is CC(=O)Nc1ccc(S(=O)(=O)NNC(=O)COCC(=O)N(c2ccccc2)c2ccccc2)cc1. The molecule has 0 saturated heterocycles. The first kappa shape index (κ1) is 25.6. The molecule has 0 saturated carbocycles. The lowest BCUT2D eigenvalue weighted by molar-refractivity contribution is -0.129. The van der Waals surface area contributed by atoms with E-state index in [-0.39, 0.29) is 10.8 Å². The number of ether oxygens (including phenoxy) is 1. The van der Waals surface area contributed by atoms with Crippen LogP contribution in [0.1, 0.15) is 6.92 Å². The largest absolute Gasteiger partial charge is 0.362 e. The third-order valence-corrected chi connectivity index (χ3v) is 5.81. The summed E-state index contributed by atoms with van der Waals surface area (Å²) in [7, 11) is -4.05. The summed E-state index contributed by atoms with van der Waals surface area (Å²) in [6.07, 6.45) is 0. The van der Waals surface area contributed by atoms with Crippen LogP contribution in [0.2, 0.25) is 0 Å². The lowest BCUT2D eigenvalue weighted by Gasteiger charge is -2.23. The summed E-state index contributed by atoms with van der Waals surface area (Å²) < 4.78 is 29.9. The highest BCUT2D eigenvalue weighted by Crippen LogP contribution is 2.25. The Bertz CT molecular complexity index is 1230. The average molecular weight is 497 g/mol. The van der Waals surface area contributed by atoms with Crippen LogP contribution in [-0.4, -0.2) is 39.4 Å². The summed E-state index contributed by atoms with van der Waals surface area (Å²) in [6.45, 7) is 0.375. The molecule has 0 aromatic heterocycles. The molecule has 3 N–H and O–H groups in total. The third-order valence-electron chi connectivity index (χ3n) is 4.55. The first-order chi connectivity index (χ1) is 16.8. The summed E-state index contributed by atoms with van der Waals surface area (Å²) in [4.78, 5) is 39.3. The molecule has 0 aliphatic carbocycles. The zero-order chi connectivity index (χ0) is 25.3. The number of hydrogen-bond donors (Lipinski definition) is 3. The van der Waals surface area contributed by atoms with Gasteiger partial charge in [-0.15, -0.1) is 4.83 Å². The Morgan fingerprint density at radius 2 is 1.34 bits per heavy atom. The maximum absolute atomic E-state index is 12.9. The van der Waals surface area contributed by atoms with Crippen molar-refractivity contribution in [2.75, 3.05) is 23.4 Å². The molecule has 35 heavy (non-hydrogen) atoms. The van der Waals surface area contributed by atoms with E-state index in [1.165, 1.54) is 36.1 Å². The molecule has 0 heterocycles. The minimum absolute atomic E-state index is 0.121. The van der Waals surface area contributed by atoms with Crippen molar-refractivity contribution in [2.24, 2.45) is 0 Å². The predicted molar refractivity (Wildman–Crippen MR) is 130 cm³/mol. The van der Waals surface area contributed by atoms with Crippen LogP contribution < -0.4 is 20.5 Å². The van der Waals surface area contributed by atoms with Gasteiger partial charge in [0.05, 0.1) is 4.90 Å². The van der Waals surface area contributed by atoms with Crippen LogP contribution in [0.4, 0.5) is 17.1 Å². The minimum Gasteiger partial charge on any atom is -0.362 e. The maximum Gasteiger partial charge on any atom is 0.260 e. The number of carbonyl (C=O) groups is 3. The van der Waals surface area contributed by atoms with E-state index in [1.807, 2.05) is 22.4 Å². The van der Waals surface area contributed by atoms with Gasteiger partial charge >= 0.3 is 0 Å². The Kier molecular flexibility index (Phi) is 8.68. The number of hydrogen-bond acceptors (Lipinski definition) is 6. The number of sulfonamides is 1. The lowest BCUT2D eigenvalue weighted by Crippen LogP contribution is -2.43. The second kappa shape index (κ2) is 11.9. The van der Waals surface area contributed by atoms with Crippen molar-refractivity contribution in [3.8, 4) is 0 Å². The first-order valence-corrected chi connectivity index (χ1v) is 11.9. The Hall–Kier alpha value is -4.06. The van der Waals surface area contributed by atoms with Gasteiger partial charge in [-0.2, -0.15) is 0 Å². The molecule has 0 spiro atoms. The van der Waals surface area contributed by atoms with E-state index in [0.29, 0.717) is 17.1 Å². The zero-order valence-electron chi connectivity index (χ0n) is 18.8. The van der Waals surface area contributed by atoms with E-state index >= 15 is 0 Å². The van der Waals surface area contributed by atoms with Crippen LogP contribution >= 0.6 is 0 Å². The van der Waals surface area contributed by atoms with Crippen molar-refractivity contribution < 1.29 is 27.5 Å². The van der Waals surface area contributed by atoms with Crippen molar-refractivity contribution in [3.05, 3.63) is 84.9 Å². The quantitative estimate of drug-likeness (QED) is 0.369. The van der Waals surface area contributed by atoms with Gasteiger partial charge in [-0.05, 0) is 48.5 Å². The molecule has 3 aromatic carbocycles. The van der Waals surface area contributed by atoms with Crippen molar-refractivity contribution in [2.45, 2.75) is 11.8 Å². The molecular weight excluding hydrogens is 472 g/mol. The average Bonchev–Trinajstić information content (AvgIpc) is 2.84. The Labute approximate surface area is 202 Å². The van der Waals surface area contributed by atoms with E-state index in [0.717, 1.165) is 0 Å². The predicted octanol–water partition coefficient (Wildman–Crippen LogP) is 2.34. The number of rotatable bonds is 10. The van der Waals surface area contributed by atoms with Crippen molar-refractivity contribution in [1.82, 2.24) is 10.3 Å². The molecule has 0 bridgehead atoms. The van der Waals surface area contributed by atoms with E-state index in [2.05, 4.69) is 5.32 Å². The summed E-state index contributed by atoms with van der Waals surface area (Å²) in [5.41, 5.74) is 3.73. The molecule has 0 fully saturated rings. The highest BCUT2D eigenvalue weighted by atomic mass is 32.2. The van der Waals surface area contributed by atoms with E-state index in [1.54, 1.807) is 48.5 Å². The summed E-state index contributed by atoms with van der Waals surface area (Å²) in [5.74, 6) is -1.49. The number of hydrazine groups is 1. The number of para-hydroxylation sites is 2. The van der Waals surface area contributed by atoms with Gasteiger partial charge in [0.2, 0.25) is 5.91 Å². The molecule has 3 rings (SSSR count). The fourth-order valence-electron chi connectivity index (χ4n) is 3.03. The van der Waals surface area contributed by atoms with Gasteiger partial charge in [0.1, 0.15) is 13.2 Å². The first-order valence-electron chi connectivity index (χ1n) is 10.5. The van der Waals surface area contributed by atoms with Gasteiger partial charge in [-0.1, -0.05) is 36.4 Å².